The summed E-state index contributed by atoms with van der Waals surface area (Å²) < 4.78 is 5.13. The van der Waals surface area contributed by atoms with Gasteiger partial charge in [-0.2, -0.15) is 0 Å². The molecule has 0 unspecified atom stereocenters. The zero-order valence-corrected chi connectivity index (χ0v) is 13.1. The highest BCUT2D eigenvalue weighted by Crippen LogP contribution is 2.30. The third-order valence-corrected chi connectivity index (χ3v) is 3.34. The molecule has 2 aromatic rings. The molecule has 116 valence electrons. The molecule has 1 aromatic heterocycles. The van der Waals surface area contributed by atoms with E-state index in [0.29, 0.717) is 28.6 Å². The molecule has 0 atom stereocenters. The number of carbonyl (C=O) groups excluding carboxylic acids is 1. The van der Waals surface area contributed by atoms with Crippen LogP contribution in [0.15, 0.2) is 28.8 Å². The van der Waals surface area contributed by atoms with Gasteiger partial charge in [-0.25, -0.2) is 0 Å². The van der Waals surface area contributed by atoms with Crippen LogP contribution >= 0.6 is 11.6 Å². The van der Waals surface area contributed by atoms with Gasteiger partial charge < -0.3 is 9.84 Å². The molecule has 0 aliphatic rings. The lowest BCUT2D eigenvalue weighted by Crippen LogP contribution is -2.40. The molecule has 6 nitrogen and oxygen atoms in total. The van der Waals surface area contributed by atoms with Gasteiger partial charge in [-0.15, -0.1) is 0 Å². The molecule has 0 saturated heterocycles. The summed E-state index contributed by atoms with van der Waals surface area (Å²) >= 11 is 6.15. The quantitative estimate of drug-likeness (QED) is 0.596. The SMILES string of the molecule is CCCNC(=N)NC(=O)c1c(-c2ccccc2Cl)noc1C. The van der Waals surface area contributed by atoms with Crippen LogP contribution in [-0.2, 0) is 0 Å². The number of guanidine groups is 1. The van der Waals surface area contributed by atoms with Crippen LogP contribution in [0.2, 0.25) is 5.02 Å². The maximum atomic E-state index is 12.4. The fourth-order valence-electron chi connectivity index (χ4n) is 1.95. The molecule has 0 aliphatic carbocycles. The van der Waals surface area contributed by atoms with E-state index in [1.807, 2.05) is 6.92 Å². The van der Waals surface area contributed by atoms with Gasteiger partial charge in [-0.05, 0) is 19.4 Å². The summed E-state index contributed by atoms with van der Waals surface area (Å²) in [5, 5.41) is 17.4. The number of halogens is 1. The molecule has 7 heteroatoms. The lowest BCUT2D eigenvalue weighted by molar-refractivity contribution is 0.0974. The number of nitrogens with zero attached hydrogens (tertiary/aromatic N) is 1. The third-order valence-electron chi connectivity index (χ3n) is 3.01. The van der Waals surface area contributed by atoms with E-state index in [9.17, 15) is 4.79 Å². The second-order valence-corrected chi connectivity index (χ2v) is 5.11. The van der Waals surface area contributed by atoms with Gasteiger partial charge in [0.25, 0.3) is 5.91 Å². The van der Waals surface area contributed by atoms with E-state index in [1.54, 1.807) is 31.2 Å². The van der Waals surface area contributed by atoms with E-state index in [0.717, 1.165) is 6.42 Å². The normalized spacial score (nSPS) is 10.3. The topological polar surface area (TPSA) is 91.0 Å². The maximum absolute atomic E-state index is 12.4. The van der Waals surface area contributed by atoms with Gasteiger partial charge in [0, 0.05) is 12.1 Å². The molecule has 0 fully saturated rings. The van der Waals surface area contributed by atoms with Crippen LogP contribution in [0, 0.1) is 12.3 Å². The first-order chi connectivity index (χ1) is 10.5. The van der Waals surface area contributed by atoms with E-state index in [2.05, 4.69) is 15.8 Å². The predicted octanol–water partition coefficient (Wildman–Crippen LogP) is 2.97. The van der Waals surface area contributed by atoms with E-state index in [-0.39, 0.29) is 11.5 Å². The molecule has 0 saturated carbocycles. The number of hydrogen-bond acceptors (Lipinski definition) is 4. The van der Waals surface area contributed by atoms with Gasteiger partial charge in [0.2, 0.25) is 0 Å². The molecule has 3 N–H and O–H groups in total. The molecule has 1 aromatic carbocycles. The second-order valence-electron chi connectivity index (χ2n) is 4.70. The van der Waals surface area contributed by atoms with Crippen LogP contribution in [0.25, 0.3) is 11.3 Å². The summed E-state index contributed by atoms with van der Waals surface area (Å²) in [5.74, 6) is -0.143. The first-order valence-electron chi connectivity index (χ1n) is 6.89. The van der Waals surface area contributed by atoms with Gasteiger partial charge >= 0.3 is 0 Å². The van der Waals surface area contributed by atoms with Crippen LogP contribution in [-0.4, -0.2) is 23.6 Å². The summed E-state index contributed by atoms with van der Waals surface area (Å²) in [7, 11) is 0. The first-order valence-corrected chi connectivity index (χ1v) is 7.27. The minimum absolute atomic E-state index is 0.0578. The van der Waals surface area contributed by atoms with E-state index in [4.69, 9.17) is 21.5 Å². The van der Waals surface area contributed by atoms with Gasteiger partial charge in [0.15, 0.2) is 5.96 Å². The maximum Gasteiger partial charge on any atom is 0.263 e. The molecule has 0 radical (unpaired) electrons. The number of hydrogen-bond donors (Lipinski definition) is 3. The third kappa shape index (κ3) is 3.46. The summed E-state index contributed by atoms with van der Waals surface area (Å²) in [6, 6.07) is 7.07. The van der Waals surface area contributed by atoms with E-state index in [1.165, 1.54) is 0 Å². The Morgan fingerprint density at radius 1 is 1.41 bits per heavy atom. The minimum Gasteiger partial charge on any atom is -0.360 e. The number of aromatic nitrogens is 1. The number of aryl methyl sites for hydroxylation is 1. The smallest absolute Gasteiger partial charge is 0.263 e. The van der Waals surface area contributed by atoms with Crippen molar-refractivity contribution < 1.29 is 9.32 Å². The van der Waals surface area contributed by atoms with Gasteiger partial charge in [0.05, 0.1) is 5.02 Å². The Morgan fingerprint density at radius 2 is 2.14 bits per heavy atom. The average molecular weight is 321 g/mol. The molecular formula is C15H17ClN4O2. The zero-order valence-electron chi connectivity index (χ0n) is 12.4. The fourth-order valence-corrected chi connectivity index (χ4v) is 2.17. The van der Waals surface area contributed by atoms with Crippen molar-refractivity contribution >= 4 is 23.5 Å². The largest absolute Gasteiger partial charge is 0.360 e. The number of rotatable bonds is 4. The highest BCUT2D eigenvalue weighted by Gasteiger charge is 2.23. The standard InChI is InChI=1S/C15H17ClN4O2/c1-3-8-18-15(17)19-14(21)12-9(2)22-20-13(12)10-6-4-5-7-11(10)16/h4-7H,3,8H2,1-2H3,(H3,17,18,19,21). The van der Waals surface area contributed by atoms with Crippen LogP contribution < -0.4 is 10.6 Å². The molecule has 1 amide bonds. The Hall–Kier alpha value is -2.34. The van der Waals surface area contributed by atoms with Crippen molar-refractivity contribution in [3.05, 3.63) is 40.6 Å². The summed E-state index contributed by atoms with van der Waals surface area (Å²) in [6.45, 7) is 4.23. The highest BCUT2D eigenvalue weighted by atomic mass is 35.5. The molecule has 0 spiro atoms. The Morgan fingerprint density at radius 3 is 2.82 bits per heavy atom. The summed E-state index contributed by atoms with van der Waals surface area (Å²) in [6.07, 6.45) is 0.857. The van der Waals surface area contributed by atoms with Crippen molar-refractivity contribution in [1.82, 2.24) is 15.8 Å². The molecule has 2 rings (SSSR count). The lowest BCUT2D eigenvalue weighted by Gasteiger charge is -2.09. The van der Waals surface area contributed by atoms with Crippen LogP contribution in [0.5, 0.6) is 0 Å². The lowest BCUT2D eigenvalue weighted by atomic mass is 10.1. The molecule has 0 bridgehead atoms. The number of nitrogens with one attached hydrogen (secondary N) is 3. The minimum atomic E-state index is -0.456. The Kier molecular flexibility index (Phi) is 5.16. The van der Waals surface area contributed by atoms with Crippen molar-refractivity contribution in [1.29, 1.82) is 5.41 Å². The number of benzene rings is 1. The zero-order chi connectivity index (χ0) is 16.1. The fraction of sp³-hybridized carbons (Fsp3) is 0.267. The van der Waals surface area contributed by atoms with Crippen molar-refractivity contribution in [3.8, 4) is 11.3 Å². The van der Waals surface area contributed by atoms with E-state index >= 15 is 0 Å². The van der Waals surface area contributed by atoms with Crippen molar-refractivity contribution in [2.75, 3.05) is 6.54 Å². The first kappa shape index (κ1) is 16.0. The monoisotopic (exact) mass is 320 g/mol. The second kappa shape index (κ2) is 7.09. The molecule has 0 aliphatic heterocycles. The summed E-state index contributed by atoms with van der Waals surface area (Å²) in [4.78, 5) is 12.4. The van der Waals surface area contributed by atoms with Crippen molar-refractivity contribution in [3.63, 3.8) is 0 Å². The molecule has 1 heterocycles. The Bertz CT molecular complexity index is 697. The Labute approximate surface area is 133 Å². The van der Waals surface area contributed by atoms with Crippen molar-refractivity contribution in [2.45, 2.75) is 20.3 Å². The molecule has 22 heavy (non-hydrogen) atoms. The van der Waals surface area contributed by atoms with Crippen LogP contribution in [0.1, 0.15) is 29.5 Å². The van der Waals surface area contributed by atoms with Gasteiger partial charge in [0.1, 0.15) is 17.0 Å². The van der Waals surface area contributed by atoms with Crippen LogP contribution in [0.4, 0.5) is 0 Å². The van der Waals surface area contributed by atoms with Gasteiger partial charge in [-0.1, -0.05) is 41.9 Å². The van der Waals surface area contributed by atoms with Gasteiger partial charge in [-0.3, -0.25) is 15.5 Å². The Balaban J connectivity index is 2.29. The number of amides is 1. The highest BCUT2D eigenvalue weighted by molar-refractivity contribution is 6.33. The summed E-state index contributed by atoms with van der Waals surface area (Å²) in [5.41, 5.74) is 1.25. The molecular weight excluding hydrogens is 304 g/mol. The average Bonchev–Trinajstić information content (AvgIpc) is 2.87. The van der Waals surface area contributed by atoms with E-state index < -0.39 is 5.91 Å². The van der Waals surface area contributed by atoms with Crippen molar-refractivity contribution in [2.24, 2.45) is 0 Å². The predicted molar refractivity (Wildman–Crippen MR) is 85.2 cm³/mol. The number of carbonyl (C=O) groups is 1. The van der Waals surface area contributed by atoms with Crippen LogP contribution in [0.3, 0.4) is 0 Å².